The van der Waals surface area contributed by atoms with Crippen molar-refractivity contribution in [3.63, 3.8) is 0 Å². The van der Waals surface area contributed by atoms with E-state index in [1.165, 1.54) is 21.6 Å². The number of ether oxygens (including phenoxy) is 1. The minimum Gasteiger partial charge on any atom is -0.480 e. The van der Waals surface area contributed by atoms with Crippen LogP contribution in [0.15, 0.2) is 0 Å². The molecule has 1 unspecified atom stereocenters. The number of carbonyl (C=O) groups is 3. The van der Waals surface area contributed by atoms with Crippen molar-refractivity contribution in [2.24, 2.45) is 0 Å². The second-order valence-electron chi connectivity index (χ2n) is 4.63. The van der Waals surface area contributed by atoms with Gasteiger partial charge in [-0.25, -0.2) is 9.59 Å². The smallest absolute Gasteiger partial charge is 0.327 e. The zero-order valence-electron chi connectivity index (χ0n) is 12.4. The molecule has 1 N–H and O–H groups in total. The van der Waals surface area contributed by atoms with Crippen molar-refractivity contribution in [3.05, 3.63) is 0 Å². The standard InChI is InChI=1S/C13H22N2O5S/c1-3-5-14(8-11(16)20-4-2)13(19)15-6-7-21-9-10(15)12(17)18/h10H,3-9H2,1-2H3,(H,17,18). The van der Waals surface area contributed by atoms with Gasteiger partial charge < -0.3 is 19.6 Å². The Bertz CT molecular complexity index is 391. The maximum Gasteiger partial charge on any atom is 0.327 e. The van der Waals surface area contributed by atoms with Crippen molar-refractivity contribution in [1.29, 1.82) is 0 Å². The van der Waals surface area contributed by atoms with E-state index in [4.69, 9.17) is 4.74 Å². The Morgan fingerprint density at radius 1 is 1.38 bits per heavy atom. The molecule has 0 aromatic rings. The summed E-state index contributed by atoms with van der Waals surface area (Å²) in [5, 5.41) is 9.22. The third-order valence-electron chi connectivity index (χ3n) is 3.05. The molecule has 0 aromatic carbocycles. The van der Waals surface area contributed by atoms with Crippen molar-refractivity contribution >= 4 is 29.7 Å². The van der Waals surface area contributed by atoms with Crippen LogP contribution in [0.3, 0.4) is 0 Å². The molecule has 120 valence electrons. The molecule has 1 atom stereocenters. The molecule has 0 saturated carbocycles. The summed E-state index contributed by atoms with van der Waals surface area (Å²) in [5.41, 5.74) is 0. The minimum atomic E-state index is -1.01. The Morgan fingerprint density at radius 2 is 2.10 bits per heavy atom. The predicted octanol–water partition coefficient (Wildman–Crippen LogP) is 0.883. The fourth-order valence-electron chi connectivity index (χ4n) is 2.09. The van der Waals surface area contributed by atoms with Crippen LogP contribution in [0, 0.1) is 0 Å². The number of urea groups is 1. The van der Waals surface area contributed by atoms with Gasteiger partial charge in [-0.3, -0.25) is 4.79 Å². The molecule has 7 nitrogen and oxygen atoms in total. The number of rotatable bonds is 6. The molecule has 1 saturated heterocycles. The summed E-state index contributed by atoms with van der Waals surface area (Å²) in [6.45, 7) is 4.48. The number of carboxylic acids is 1. The molecule has 0 spiro atoms. The molecule has 1 fully saturated rings. The Balaban J connectivity index is 2.77. The van der Waals surface area contributed by atoms with Gasteiger partial charge >= 0.3 is 18.0 Å². The minimum absolute atomic E-state index is 0.142. The zero-order valence-corrected chi connectivity index (χ0v) is 13.2. The van der Waals surface area contributed by atoms with Crippen molar-refractivity contribution in [2.75, 3.05) is 37.7 Å². The lowest BCUT2D eigenvalue weighted by molar-refractivity contribution is -0.143. The first-order valence-corrected chi connectivity index (χ1v) is 8.18. The van der Waals surface area contributed by atoms with Crippen molar-refractivity contribution < 1.29 is 24.2 Å². The molecule has 0 aromatic heterocycles. The first-order valence-electron chi connectivity index (χ1n) is 7.02. The predicted molar refractivity (Wildman–Crippen MR) is 79.3 cm³/mol. The summed E-state index contributed by atoms with van der Waals surface area (Å²) in [6.07, 6.45) is 0.686. The largest absolute Gasteiger partial charge is 0.480 e. The highest BCUT2D eigenvalue weighted by molar-refractivity contribution is 7.99. The average Bonchev–Trinajstić information content (AvgIpc) is 2.46. The summed E-state index contributed by atoms with van der Waals surface area (Å²) < 4.78 is 4.86. The van der Waals surface area contributed by atoms with E-state index in [0.29, 0.717) is 31.0 Å². The molecule has 0 radical (unpaired) electrons. The number of esters is 1. The third-order valence-corrected chi connectivity index (χ3v) is 4.07. The van der Waals surface area contributed by atoms with E-state index >= 15 is 0 Å². The van der Waals surface area contributed by atoms with Gasteiger partial charge in [-0.2, -0.15) is 11.8 Å². The second kappa shape index (κ2) is 8.76. The van der Waals surface area contributed by atoms with Crippen LogP contribution in [0.4, 0.5) is 4.79 Å². The maximum atomic E-state index is 12.5. The van der Waals surface area contributed by atoms with E-state index in [0.717, 1.165) is 0 Å². The van der Waals surface area contributed by atoms with Gasteiger partial charge in [-0.1, -0.05) is 6.92 Å². The Labute approximate surface area is 128 Å². The monoisotopic (exact) mass is 318 g/mol. The van der Waals surface area contributed by atoms with Crippen LogP contribution in [0.5, 0.6) is 0 Å². The van der Waals surface area contributed by atoms with Crippen LogP contribution in [0.1, 0.15) is 20.3 Å². The van der Waals surface area contributed by atoms with E-state index in [-0.39, 0.29) is 13.2 Å². The molecular weight excluding hydrogens is 296 g/mol. The second-order valence-corrected chi connectivity index (χ2v) is 5.78. The van der Waals surface area contributed by atoms with Gasteiger partial charge in [-0.15, -0.1) is 0 Å². The molecule has 8 heteroatoms. The van der Waals surface area contributed by atoms with Gasteiger partial charge in [0.2, 0.25) is 0 Å². The molecular formula is C13H22N2O5S. The number of aliphatic carboxylic acids is 1. The van der Waals surface area contributed by atoms with Crippen molar-refractivity contribution in [2.45, 2.75) is 26.3 Å². The van der Waals surface area contributed by atoms with Gasteiger partial charge in [0, 0.05) is 24.6 Å². The summed E-state index contributed by atoms with van der Waals surface area (Å²) in [4.78, 5) is 38.1. The van der Waals surface area contributed by atoms with Gasteiger partial charge in [0.1, 0.15) is 12.6 Å². The number of carbonyl (C=O) groups excluding carboxylic acids is 2. The summed E-state index contributed by atoms with van der Waals surface area (Å²) in [7, 11) is 0. The SMILES string of the molecule is CCCN(CC(=O)OCC)C(=O)N1CCSCC1C(=O)O. The van der Waals surface area contributed by atoms with Gasteiger partial charge in [0.05, 0.1) is 6.61 Å². The highest BCUT2D eigenvalue weighted by atomic mass is 32.2. The molecule has 0 bridgehead atoms. The van der Waals surface area contributed by atoms with Crippen molar-refractivity contribution in [1.82, 2.24) is 9.80 Å². The summed E-state index contributed by atoms with van der Waals surface area (Å²) in [6, 6.07) is -1.24. The van der Waals surface area contributed by atoms with Crippen LogP contribution in [0.2, 0.25) is 0 Å². The quantitative estimate of drug-likeness (QED) is 0.732. The molecule has 1 heterocycles. The van der Waals surface area contributed by atoms with E-state index in [2.05, 4.69) is 0 Å². The van der Waals surface area contributed by atoms with Gasteiger partial charge in [0.25, 0.3) is 0 Å². The van der Waals surface area contributed by atoms with Crippen LogP contribution >= 0.6 is 11.8 Å². The number of thioether (sulfide) groups is 1. The Morgan fingerprint density at radius 3 is 2.67 bits per heavy atom. The van der Waals surface area contributed by atoms with Crippen LogP contribution in [0.25, 0.3) is 0 Å². The molecule has 1 rings (SSSR count). The van der Waals surface area contributed by atoms with E-state index in [1.807, 2.05) is 6.92 Å². The molecule has 21 heavy (non-hydrogen) atoms. The highest BCUT2D eigenvalue weighted by Gasteiger charge is 2.35. The number of carboxylic acid groups (broad SMARTS) is 1. The Hall–Kier alpha value is -1.44. The average molecular weight is 318 g/mol. The van der Waals surface area contributed by atoms with E-state index < -0.39 is 24.0 Å². The topological polar surface area (TPSA) is 87.2 Å². The molecule has 1 aliphatic rings. The summed E-state index contributed by atoms with van der Waals surface area (Å²) in [5.74, 6) is -0.407. The van der Waals surface area contributed by atoms with Gasteiger partial charge in [0.15, 0.2) is 0 Å². The Kier molecular flexibility index (Phi) is 7.35. The first kappa shape index (κ1) is 17.6. The van der Waals surface area contributed by atoms with Crippen molar-refractivity contribution in [3.8, 4) is 0 Å². The summed E-state index contributed by atoms with van der Waals surface area (Å²) >= 11 is 1.51. The zero-order chi connectivity index (χ0) is 15.8. The van der Waals surface area contributed by atoms with Gasteiger partial charge in [-0.05, 0) is 13.3 Å². The normalized spacial score (nSPS) is 18.2. The first-order chi connectivity index (χ1) is 10.0. The van der Waals surface area contributed by atoms with E-state index in [1.54, 1.807) is 6.92 Å². The molecule has 2 amide bonds. The van der Waals surface area contributed by atoms with E-state index in [9.17, 15) is 19.5 Å². The maximum absolute atomic E-state index is 12.5. The lowest BCUT2D eigenvalue weighted by Gasteiger charge is -2.36. The third kappa shape index (κ3) is 5.11. The lowest BCUT2D eigenvalue weighted by Crippen LogP contribution is -2.55. The highest BCUT2D eigenvalue weighted by Crippen LogP contribution is 2.18. The number of hydrogen-bond donors (Lipinski definition) is 1. The lowest BCUT2D eigenvalue weighted by atomic mass is 10.3. The fraction of sp³-hybridized carbons (Fsp3) is 0.769. The molecule has 0 aliphatic carbocycles. The number of nitrogens with zero attached hydrogens (tertiary/aromatic N) is 2. The van der Waals surface area contributed by atoms with Crippen LogP contribution in [-0.4, -0.2) is 76.7 Å². The molecule has 1 aliphatic heterocycles. The van der Waals surface area contributed by atoms with Crippen LogP contribution < -0.4 is 0 Å². The number of amides is 2. The fourth-order valence-corrected chi connectivity index (χ4v) is 3.13. The number of hydrogen-bond acceptors (Lipinski definition) is 5. The van der Waals surface area contributed by atoms with Crippen LogP contribution in [-0.2, 0) is 14.3 Å².